The lowest BCUT2D eigenvalue weighted by atomic mass is 10.1. The van der Waals surface area contributed by atoms with Crippen LogP contribution in [0, 0.1) is 0 Å². The van der Waals surface area contributed by atoms with Gasteiger partial charge in [-0.05, 0) is 12.0 Å². The zero-order chi connectivity index (χ0) is 10.2. The average molecular weight is 194 g/mol. The van der Waals surface area contributed by atoms with Gasteiger partial charge in [0.05, 0.1) is 12.7 Å². The van der Waals surface area contributed by atoms with Gasteiger partial charge in [-0.3, -0.25) is 0 Å². The number of aliphatic hydroxyl groups excluding tert-OH is 1. The summed E-state index contributed by atoms with van der Waals surface area (Å²) in [5.74, 6) is 0. The first-order valence-electron chi connectivity index (χ1n) is 5.12. The van der Waals surface area contributed by atoms with Crippen LogP contribution in [0.1, 0.15) is 18.9 Å². The third-order valence-electron chi connectivity index (χ3n) is 1.97. The van der Waals surface area contributed by atoms with Crippen LogP contribution in [0.5, 0.6) is 0 Å². The average Bonchev–Trinajstić information content (AvgIpc) is 2.20. The Labute approximate surface area is 85.5 Å². The summed E-state index contributed by atoms with van der Waals surface area (Å²) >= 11 is 0. The fraction of sp³-hybridized carbons (Fsp3) is 0.500. The molecule has 1 unspecified atom stereocenters. The van der Waals surface area contributed by atoms with Crippen LogP contribution in [0.3, 0.4) is 0 Å². The Morgan fingerprint density at radius 3 is 2.64 bits per heavy atom. The van der Waals surface area contributed by atoms with E-state index in [9.17, 15) is 5.11 Å². The van der Waals surface area contributed by atoms with E-state index in [1.54, 1.807) is 0 Å². The lowest BCUT2D eigenvalue weighted by molar-refractivity contribution is 0.0374. The molecular weight excluding hydrogens is 176 g/mol. The molecule has 0 fully saturated rings. The van der Waals surface area contributed by atoms with E-state index in [1.165, 1.54) is 0 Å². The lowest BCUT2D eigenvalue weighted by Gasteiger charge is -2.10. The molecule has 78 valence electrons. The summed E-state index contributed by atoms with van der Waals surface area (Å²) < 4.78 is 5.27. The Bertz CT molecular complexity index is 233. The summed E-state index contributed by atoms with van der Waals surface area (Å²) in [5.41, 5.74) is 1.15. The SMILES string of the molecule is CCCOCC(O)Cc1ccccc1. The number of hydrogen-bond acceptors (Lipinski definition) is 2. The molecule has 2 nitrogen and oxygen atoms in total. The Hall–Kier alpha value is -0.860. The molecule has 0 aromatic heterocycles. The molecule has 1 aromatic carbocycles. The number of benzene rings is 1. The topological polar surface area (TPSA) is 29.5 Å². The van der Waals surface area contributed by atoms with Gasteiger partial charge in [0.1, 0.15) is 0 Å². The van der Waals surface area contributed by atoms with Crippen LogP contribution in [-0.4, -0.2) is 24.4 Å². The van der Waals surface area contributed by atoms with Crippen molar-refractivity contribution >= 4 is 0 Å². The van der Waals surface area contributed by atoms with Crippen molar-refractivity contribution in [1.29, 1.82) is 0 Å². The maximum Gasteiger partial charge on any atom is 0.0813 e. The maximum atomic E-state index is 9.60. The van der Waals surface area contributed by atoms with Crippen molar-refractivity contribution in [2.75, 3.05) is 13.2 Å². The highest BCUT2D eigenvalue weighted by atomic mass is 16.5. The van der Waals surface area contributed by atoms with Gasteiger partial charge in [-0.15, -0.1) is 0 Å². The molecule has 0 radical (unpaired) electrons. The molecule has 0 spiro atoms. The minimum absolute atomic E-state index is 0.385. The minimum atomic E-state index is -0.385. The second-order valence-electron chi connectivity index (χ2n) is 3.42. The summed E-state index contributed by atoms with van der Waals surface area (Å²) in [6.07, 6.45) is 1.28. The van der Waals surface area contributed by atoms with Gasteiger partial charge in [-0.25, -0.2) is 0 Å². The van der Waals surface area contributed by atoms with E-state index >= 15 is 0 Å². The summed E-state index contributed by atoms with van der Waals surface area (Å²) in [5, 5.41) is 9.60. The second kappa shape index (κ2) is 6.57. The van der Waals surface area contributed by atoms with Crippen LogP contribution in [-0.2, 0) is 11.2 Å². The molecule has 0 saturated carbocycles. The Balaban J connectivity index is 2.23. The van der Waals surface area contributed by atoms with Crippen molar-refractivity contribution in [2.45, 2.75) is 25.9 Å². The predicted molar refractivity (Wildman–Crippen MR) is 57.3 cm³/mol. The quantitative estimate of drug-likeness (QED) is 0.702. The smallest absolute Gasteiger partial charge is 0.0813 e. The van der Waals surface area contributed by atoms with Crippen molar-refractivity contribution in [3.8, 4) is 0 Å². The molecule has 1 rings (SSSR count). The number of ether oxygens (including phenoxy) is 1. The number of rotatable bonds is 6. The first-order valence-corrected chi connectivity index (χ1v) is 5.12. The van der Waals surface area contributed by atoms with E-state index in [2.05, 4.69) is 6.92 Å². The van der Waals surface area contributed by atoms with Crippen LogP contribution in [0.25, 0.3) is 0 Å². The Morgan fingerprint density at radius 1 is 1.29 bits per heavy atom. The van der Waals surface area contributed by atoms with Crippen LogP contribution in [0.15, 0.2) is 30.3 Å². The van der Waals surface area contributed by atoms with Crippen LogP contribution in [0.4, 0.5) is 0 Å². The Kier molecular flexibility index (Phi) is 5.27. The molecule has 1 aromatic rings. The molecule has 0 aliphatic rings. The first-order chi connectivity index (χ1) is 6.83. The van der Waals surface area contributed by atoms with E-state index in [0.717, 1.165) is 18.6 Å². The van der Waals surface area contributed by atoms with E-state index in [1.807, 2.05) is 30.3 Å². The van der Waals surface area contributed by atoms with Crippen molar-refractivity contribution in [3.05, 3.63) is 35.9 Å². The van der Waals surface area contributed by atoms with Crippen molar-refractivity contribution in [3.63, 3.8) is 0 Å². The molecule has 1 atom stereocenters. The standard InChI is InChI=1S/C12H18O2/c1-2-8-14-10-12(13)9-11-6-4-3-5-7-11/h3-7,12-13H,2,8-10H2,1H3. The van der Waals surface area contributed by atoms with Crippen LogP contribution in [0.2, 0.25) is 0 Å². The van der Waals surface area contributed by atoms with Crippen LogP contribution < -0.4 is 0 Å². The van der Waals surface area contributed by atoms with Gasteiger partial charge >= 0.3 is 0 Å². The monoisotopic (exact) mass is 194 g/mol. The van der Waals surface area contributed by atoms with Crippen molar-refractivity contribution in [1.82, 2.24) is 0 Å². The van der Waals surface area contributed by atoms with Gasteiger partial charge in [0.2, 0.25) is 0 Å². The zero-order valence-electron chi connectivity index (χ0n) is 8.65. The molecule has 0 saturated heterocycles. The summed E-state index contributed by atoms with van der Waals surface area (Å²) in [6.45, 7) is 3.22. The molecule has 2 heteroatoms. The predicted octanol–water partition coefficient (Wildman–Crippen LogP) is 2.02. The summed E-state index contributed by atoms with van der Waals surface area (Å²) in [4.78, 5) is 0. The van der Waals surface area contributed by atoms with Gasteiger partial charge in [0, 0.05) is 13.0 Å². The second-order valence-corrected chi connectivity index (χ2v) is 3.42. The highest BCUT2D eigenvalue weighted by Crippen LogP contribution is 2.03. The zero-order valence-corrected chi connectivity index (χ0v) is 8.65. The van der Waals surface area contributed by atoms with Crippen molar-refractivity contribution < 1.29 is 9.84 Å². The third-order valence-corrected chi connectivity index (χ3v) is 1.97. The lowest BCUT2D eigenvalue weighted by Crippen LogP contribution is -2.18. The highest BCUT2D eigenvalue weighted by molar-refractivity contribution is 5.15. The number of aliphatic hydroxyl groups is 1. The minimum Gasteiger partial charge on any atom is -0.390 e. The maximum absolute atomic E-state index is 9.60. The largest absolute Gasteiger partial charge is 0.390 e. The Morgan fingerprint density at radius 2 is 2.00 bits per heavy atom. The van der Waals surface area contributed by atoms with Gasteiger partial charge in [-0.2, -0.15) is 0 Å². The van der Waals surface area contributed by atoms with E-state index in [-0.39, 0.29) is 6.10 Å². The normalized spacial score (nSPS) is 12.7. The van der Waals surface area contributed by atoms with E-state index in [0.29, 0.717) is 13.0 Å². The third kappa shape index (κ3) is 4.40. The fourth-order valence-corrected chi connectivity index (χ4v) is 1.31. The van der Waals surface area contributed by atoms with Crippen LogP contribution >= 0.6 is 0 Å². The molecule has 0 amide bonds. The van der Waals surface area contributed by atoms with Gasteiger partial charge in [-0.1, -0.05) is 37.3 Å². The fourth-order valence-electron chi connectivity index (χ4n) is 1.31. The molecule has 14 heavy (non-hydrogen) atoms. The molecule has 0 aliphatic heterocycles. The van der Waals surface area contributed by atoms with Gasteiger partial charge < -0.3 is 9.84 Å². The molecule has 0 aliphatic carbocycles. The number of hydrogen-bond donors (Lipinski definition) is 1. The molecular formula is C12H18O2. The molecule has 0 heterocycles. The van der Waals surface area contributed by atoms with Gasteiger partial charge in [0.25, 0.3) is 0 Å². The van der Waals surface area contributed by atoms with Gasteiger partial charge in [0.15, 0.2) is 0 Å². The highest BCUT2D eigenvalue weighted by Gasteiger charge is 2.04. The molecule has 1 N–H and O–H groups in total. The van der Waals surface area contributed by atoms with E-state index < -0.39 is 0 Å². The van der Waals surface area contributed by atoms with E-state index in [4.69, 9.17) is 4.74 Å². The van der Waals surface area contributed by atoms with Crippen molar-refractivity contribution in [2.24, 2.45) is 0 Å². The first kappa shape index (κ1) is 11.2. The summed E-state index contributed by atoms with van der Waals surface area (Å²) in [7, 11) is 0. The summed E-state index contributed by atoms with van der Waals surface area (Å²) in [6, 6.07) is 9.97. The molecule has 0 bridgehead atoms.